The molecule has 1 fully saturated rings. The van der Waals surface area contributed by atoms with Crippen LogP contribution in [-0.2, 0) is 13.9 Å². The number of rotatable bonds is 7. The maximum Gasteiger partial charge on any atom is 0.261 e. The van der Waals surface area contributed by atoms with E-state index in [4.69, 9.17) is 19.4 Å². The molecule has 1 aliphatic heterocycles. The minimum atomic E-state index is -2.71. The summed E-state index contributed by atoms with van der Waals surface area (Å²) in [4.78, 5) is 3.06. The third kappa shape index (κ3) is 4.61. The van der Waals surface area contributed by atoms with Gasteiger partial charge in [0.25, 0.3) is 8.32 Å². The van der Waals surface area contributed by atoms with Crippen molar-refractivity contribution in [2.45, 2.75) is 57.6 Å². The Morgan fingerprint density at radius 1 is 1.10 bits per heavy atom. The summed E-state index contributed by atoms with van der Waals surface area (Å²) in [6.45, 7) is 11.0. The molecule has 1 saturated heterocycles. The van der Waals surface area contributed by atoms with Gasteiger partial charge in [-0.25, -0.2) is 0 Å². The SMILES string of the molecule is CC1(C)OC[C@@H]([C@@H](CO[Si](c2ccccc2)(c2ccccc2)C(C)(C)C)N=[N+]=[N-])O1. The van der Waals surface area contributed by atoms with Crippen molar-refractivity contribution in [3.05, 3.63) is 71.1 Å². The Morgan fingerprint density at radius 2 is 1.63 bits per heavy atom. The summed E-state index contributed by atoms with van der Waals surface area (Å²) in [5.74, 6) is -0.689. The molecule has 0 unspecified atom stereocenters. The second-order valence-electron chi connectivity index (χ2n) is 9.11. The molecule has 160 valence electrons. The van der Waals surface area contributed by atoms with E-state index < -0.39 is 20.1 Å². The molecule has 2 atom stereocenters. The molecule has 0 aliphatic carbocycles. The summed E-state index contributed by atoms with van der Waals surface area (Å²) < 4.78 is 18.6. The Hall–Kier alpha value is -2.15. The third-order valence-electron chi connectivity index (χ3n) is 5.55. The summed E-state index contributed by atoms with van der Waals surface area (Å²) in [6, 6.07) is 20.3. The molecule has 0 radical (unpaired) electrons. The molecule has 0 N–H and O–H groups in total. The quantitative estimate of drug-likeness (QED) is 0.286. The van der Waals surface area contributed by atoms with Gasteiger partial charge in [-0.3, -0.25) is 0 Å². The van der Waals surface area contributed by atoms with Gasteiger partial charge < -0.3 is 13.9 Å². The third-order valence-corrected chi connectivity index (χ3v) is 10.6. The van der Waals surface area contributed by atoms with E-state index in [0.29, 0.717) is 6.61 Å². The fourth-order valence-electron chi connectivity index (χ4n) is 4.16. The molecular formula is C23H31N3O3Si. The van der Waals surface area contributed by atoms with Gasteiger partial charge >= 0.3 is 0 Å². The van der Waals surface area contributed by atoms with Gasteiger partial charge in [-0.15, -0.1) is 0 Å². The Balaban J connectivity index is 2.01. The first-order valence-electron chi connectivity index (χ1n) is 10.3. The van der Waals surface area contributed by atoms with E-state index in [-0.39, 0.29) is 17.7 Å². The fourth-order valence-corrected chi connectivity index (χ4v) is 8.73. The van der Waals surface area contributed by atoms with Gasteiger partial charge in [0.05, 0.1) is 18.8 Å². The molecule has 0 saturated carbocycles. The molecule has 0 spiro atoms. The first-order valence-corrected chi connectivity index (χ1v) is 12.2. The topological polar surface area (TPSA) is 76.5 Å². The second-order valence-corrected chi connectivity index (χ2v) is 13.4. The monoisotopic (exact) mass is 425 g/mol. The molecule has 0 aromatic heterocycles. The van der Waals surface area contributed by atoms with Crippen LogP contribution in [0.3, 0.4) is 0 Å². The van der Waals surface area contributed by atoms with Crippen LogP contribution < -0.4 is 10.4 Å². The van der Waals surface area contributed by atoms with Gasteiger partial charge in [0.1, 0.15) is 0 Å². The van der Waals surface area contributed by atoms with Gasteiger partial charge in [0.15, 0.2) is 5.79 Å². The van der Waals surface area contributed by atoms with Gasteiger partial charge in [-0.2, -0.15) is 0 Å². The molecule has 2 aromatic carbocycles. The predicted molar refractivity (Wildman–Crippen MR) is 121 cm³/mol. The molecule has 1 heterocycles. The summed E-state index contributed by atoms with van der Waals surface area (Å²) in [7, 11) is -2.71. The fraction of sp³-hybridized carbons (Fsp3) is 0.478. The number of ether oxygens (including phenoxy) is 2. The molecule has 30 heavy (non-hydrogen) atoms. The van der Waals surface area contributed by atoms with Crippen molar-refractivity contribution in [3.63, 3.8) is 0 Å². The largest absolute Gasteiger partial charge is 0.407 e. The maximum absolute atomic E-state index is 9.17. The lowest BCUT2D eigenvalue weighted by atomic mass is 10.2. The molecule has 3 rings (SSSR count). The van der Waals surface area contributed by atoms with Crippen LogP contribution in [0.2, 0.25) is 5.04 Å². The number of hydrogen-bond acceptors (Lipinski definition) is 4. The van der Waals surface area contributed by atoms with E-state index in [1.807, 2.05) is 26.0 Å². The van der Waals surface area contributed by atoms with E-state index in [0.717, 1.165) is 0 Å². The van der Waals surface area contributed by atoms with E-state index in [9.17, 15) is 0 Å². The average Bonchev–Trinajstić information content (AvgIpc) is 3.08. The van der Waals surface area contributed by atoms with E-state index in [1.165, 1.54) is 10.4 Å². The van der Waals surface area contributed by atoms with Gasteiger partial charge in [-0.05, 0) is 34.8 Å². The van der Waals surface area contributed by atoms with Crippen molar-refractivity contribution in [2.24, 2.45) is 5.11 Å². The molecule has 0 bridgehead atoms. The Bertz CT molecular complexity index is 838. The normalized spacial score (nSPS) is 19.8. The molecule has 6 nitrogen and oxygen atoms in total. The minimum absolute atomic E-state index is 0.150. The Labute approximate surface area is 179 Å². The Kier molecular flexibility index (Phi) is 6.70. The van der Waals surface area contributed by atoms with Crippen molar-refractivity contribution in [3.8, 4) is 0 Å². The maximum atomic E-state index is 9.17. The summed E-state index contributed by atoms with van der Waals surface area (Å²) >= 11 is 0. The number of hydrogen-bond donors (Lipinski definition) is 0. The van der Waals surface area contributed by atoms with Crippen molar-refractivity contribution >= 4 is 18.7 Å². The zero-order valence-corrected chi connectivity index (χ0v) is 19.4. The van der Waals surface area contributed by atoms with E-state index in [2.05, 4.69) is 79.3 Å². The molecular weight excluding hydrogens is 394 g/mol. The van der Waals surface area contributed by atoms with E-state index in [1.54, 1.807) is 0 Å². The summed E-state index contributed by atoms with van der Waals surface area (Å²) in [5.41, 5.74) is 9.17. The lowest BCUT2D eigenvalue weighted by Crippen LogP contribution is -2.67. The molecule has 7 heteroatoms. The van der Waals surface area contributed by atoms with Crippen molar-refractivity contribution < 1.29 is 13.9 Å². The standard InChI is InChI=1S/C23H31N3O3Si/c1-22(2,3)30(18-12-8-6-9-13-18,19-14-10-7-11-15-19)28-16-20(25-26-24)21-17-27-23(4,5)29-21/h6-15,20-21H,16-17H2,1-5H3/t20-,21+/m1/s1. The highest BCUT2D eigenvalue weighted by molar-refractivity contribution is 6.99. The first-order chi connectivity index (χ1) is 14.2. The second kappa shape index (κ2) is 8.92. The van der Waals surface area contributed by atoms with Gasteiger partial charge in [-0.1, -0.05) is 86.5 Å². The predicted octanol–water partition coefficient (Wildman–Crippen LogP) is 4.39. The van der Waals surface area contributed by atoms with Crippen LogP contribution in [0.15, 0.2) is 65.8 Å². The number of nitrogens with zero attached hydrogens (tertiary/aromatic N) is 3. The number of benzene rings is 2. The lowest BCUT2D eigenvalue weighted by Gasteiger charge is -2.43. The first kappa shape index (κ1) is 22.5. The molecule has 2 aromatic rings. The van der Waals surface area contributed by atoms with Crippen molar-refractivity contribution in [1.82, 2.24) is 0 Å². The zero-order valence-electron chi connectivity index (χ0n) is 18.4. The summed E-state index contributed by atoms with van der Waals surface area (Å²) in [6.07, 6.45) is -0.339. The molecule has 0 amide bonds. The highest BCUT2D eigenvalue weighted by Gasteiger charge is 2.51. The highest BCUT2D eigenvalue weighted by atomic mass is 28.4. The Morgan fingerprint density at radius 3 is 2.03 bits per heavy atom. The number of azide groups is 1. The lowest BCUT2D eigenvalue weighted by molar-refractivity contribution is -0.141. The summed E-state index contributed by atoms with van der Waals surface area (Å²) in [5, 5.41) is 6.24. The van der Waals surface area contributed by atoms with Crippen molar-refractivity contribution in [2.75, 3.05) is 13.2 Å². The smallest absolute Gasteiger partial charge is 0.261 e. The highest BCUT2D eigenvalue weighted by Crippen LogP contribution is 2.37. The van der Waals surface area contributed by atoms with Crippen molar-refractivity contribution in [1.29, 1.82) is 0 Å². The minimum Gasteiger partial charge on any atom is -0.407 e. The zero-order chi connectivity index (χ0) is 21.8. The van der Waals surface area contributed by atoms with Crippen LogP contribution >= 0.6 is 0 Å². The van der Waals surface area contributed by atoms with Gasteiger partial charge in [0, 0.05) is 11.5 Å². The van der Waals surface area contributed by atoms with Crippen LogP contribution in [0.5, 0.6) is 0 Å². The van der Waals surface area contributed by atoms with Crippen LogP contribution in [0.4, 0.5) is 0 Å². The average molecular weight is 426 g/mol. The molecule has 1 aliphatic rings. The van der Waals surface area contributed by atoms with Gasteiger partial charge in [0.2, 0.25) is 0 Å². The van der Waals surface area contributed by atoms with Crippen LogP contribution in [0.1, 0.15) is 34.6 Å². The van der Waals surface area contributed by atoms with Crippen LogP contribution in [0.25, 0.3) is 10.4 Å². The van der Waals surface area contributed by atoms with E-state index >= 15 is 0 Å². The van der Waals surface area contributed by atoms with Crippen LogP contribution in [0, 0.1) is 0 Å². The van der Waals surface area contributed by atoms with Crippen LogP contribution in [-0.4, -0.2) is 39.5 Å².